The summed E-state index contributed by atoms with van der Waals surface area (Å²) in [5, 5.41) is 11.6. The molecule has 0 spiro atoms. The Hall–Kier alpha value is -1.73. The second kappa shape index (κ2) is 6.36. The smallest absolute Gasteiger partial charge is 0.337 e. The highest BCUT2D eigenvalue weighted by atomic mass is 79.9. The van der Waals surface area contributed by atoms with Gasteiger partial charge in [-0.25, -0.2) is 9.18 Å². The van der Waals surface area contributed by atoms with Crippen LogP contribution in [0.15, 0.2) is 45.3 Å². The van der Waals surface area contributed by atoms with Crippen molar-refractivity contribution in [3.8, 4) is 0 Å². The molecule has 0 unspecified atom stereocenters. The Labute approximate surface area is 136 Å². The minimum absolute atomic E-state index is 0.0345. The van der Waals surface area contributed by atoms with E-state index in [1.165, 1.54) is 24.3 Å². The lowest BCUT2D eigenvalue weighted by atomic mass is 10.1. The zero-order valence-electron chi connectivity index (χ0n) is 10.4. The monoisotopic (exact) mass is 415 g/mol. The molecule has 0 aliphatic rings. The number of hydrogen-bond acceptors (Lipinski definition) is 2. The predicted molar refractivity (Wildman–Crippen MR) is 83.2 cm³/mol. The normalized spacial score (nSPS) is 10.2. The lowest BCUT2D eigenvalue weighted by molar-refractivity contribution is 0.0698. The maximum atomic E-state index is 13.1. The number of aromatic carboxylic acids is 1. The largest absolute Gasteiger partial charge is 0.478 e. The van der Waals surface area contributed by atoms with Gasteiger partial charge in [-0.2, -0.15) is 0 Å². The van der Waals surface area contributed by atoms with Crippen molar-refractivity contribution in [3.63, 3.8) is 0 Å². The average Bonchev–Trinajstić information content (AvgIpc) is 2.41. The number of amides is 1. The Morgan fingerprint density at radius 2 is 1.81 bits per heavy atom. The Morgan fingerprint density at radius 1 is 1.10 bits per heavy atom. The Kier molecular flexibility index (Phi) is 4.74. The molecular weight excluding hydrogens is 409 g/mol. The fraction of sp³-hybridized carbons (Fsp3) is 0. The van der Waals surface area contributed by atoms with Crippen LogP contribution in [0.25, 0.3) is 0 Å². The van der Waals surface area contributed by atoms with Gasteiger partial charge in [-0.1, -0.05) is 15.9 Å². The topological polar surface area (TPSA) is 66.4 Å². The Balaban J connectivity index is 2.33. The van der Waals surface area contributed by atoms with E-state index < -0.39 is 17.7 Å². The van der Waals surface area contributed by atoms with Crippen molar-refractivity contribution in [2.75, 3.05) is 5.32 Å². The molecule has 2 aromatic carbocycles. The first kappa shape index (κ1) is 15.7. The molecule has 0 aliphatic carbocycles. The number of halogens is 3. The summed E-state index contributed by atoms with van der Waals surface area (Å²) in [5.74, 6) is -2.17. The number of carbonyl (C=O) groups excluding carboxylic acids is 1. The standard InChI is InChI=1S/C14H8Br2FNO3/c15-8-2-3-9(14(20)21)12(6-8)18-13(19)7-1-4-11(17)10(16)5-7/h1-6H,(H,18,19)(H,20,21). The highest BCUT2D eigenvalue weighted by molar-refractivity contribution is 9.10. The van der Waals surface area contributed by atoms with Crippen LogP contribution in [0.3, 0.4) is 0 Å². The van der Waals surface area contributed by atoms with Gasteiger partial charge in [0.15, 0.2) is 0 Å². The van der Waals surface area contributed by atoms with E-state index in [0.717, 1.165) is 6.07 Å². The first-order chi connectivity index (χ1) is 9.88. The summed E-state index contributed by atoms with van der Waals surface area (Å²) in [4.78, 5) is 23.2. The third kappa shape index (κ3) is 3.68. The van der Waals surface area contributed by atoms with Gasteiger partial charge in [0.25, 0.3) is 5.91 Å². The molecule has 0 saturated carbocycles. The lowest BCUT2D eigenvalue weighted by Gasteiger charge is -2.09. The number of hydrogen-bond donors (Lipinski definition) is 2. The molecule has 0 aliphatic heterocycles. The minimum atomic E-state index is -1.15. The highest BCUT2D eigenvalue weighted by Gasteiger charge is 2.15. The molecule has 4 nitrogen and oxygen atoms in total. The van der Waals surface area contributed by atoms with E-state index in [2.05, 4.69) is 37.2 Å². The highest BCUT2D eigenvalue weighted by Crippen LogP contribution is 2.23. The number of rotatable bonds is 3. The van der Waals surface area contributed by atoms with E-state index in [9.17, 15) is 14.0 Å². The van der Waals surface area contributed by atoms with Crippen LogP contribution in [0.1, 0.15) is 20.7 Å². The van der Waals surface area contributed by atoms with Crippen molar-refractivity contribution < 1.29 is 19.1 Å². The van der Waals surface area contributed by atoms with Gasteiger partial charge in [0.05, 0.1) is 15.7 Å². The number of carbonyl (C=O) groups is 2. The van der Waals surface area contributed by atoms with E-state index in [4.69, 9.17) is 5.11 Å². The molecule has 108 valence electrons. The summed E-state index contributed by atoms with van der Waals surface area (Å²) < 4.78 is 13.9. The second-order valence-electron chi connectivity index (χ2n) is 4.08. The SMILES string of the molecule is O=C(Nc1cc(Br)ccc1C(=O)O)c1ccc(F)c(Br)c1. The fourth-order valence-electron chi connectivity index (χ4n) is 1.64. The van der Waals surface area contributed by atoms with Crippen LogP contribution in [0.5, 0.6) is 0 Å². The molecule has 0 heterocycles. The van der Waals surface area contributed by atoms with Crippen molar-refractivity contribution in [1.29, 1.82) is 0 Å². The number of carboxylic acid groups (broad SMARTS) is 1. The molecule has 0 aromatic heterocycles. The van der Waals surface area contributed by atoms with Crippen LogP contribution in [0.2, 0.25) is 0 Å². The molecule has 1 amide bonds. The van der Waals surface area contributed by atoms with Crippen LogP contribution in [0, 0.1) is 5.82 Å². The van der Waals surface area contributed by atoms with Gasteiger partial charge < -0.3 is 10.4 Å². The number of anilines is 1. The van der Waals surface area contributed by atoms with Gasteiger partial charge in [0, 0.05) is 10.0 Å². The van der Waals surface area contributed by atoms with E-state index in [-0.39, 0.29) is 21.3 Å². The van der Waals surface area contributed by atoms with Gasteiger partial charge in [-0.3, -0.25) is 4.79 Å². The first-order valence-corrected chi connectivity index (χ1v) is 7.26. The molecule has 0 radical (unpaired) electrons. The molecule has 0 fully saturated rings. The van der Waals surface area contributed by atoms with E-state index >= 15 is 0 Å². The van der Waals surface area contributed by atoms with Crippen LogP contribution in [-0.4, -0.2) is 17.0 Å². The van der Waals surface area contributed by atoms with Crippen LogP contribution in [0.4, 0.5) is 10.1 Å². The van der Waals surface area contributed by atoms with Gasteiger partial charge in [0.1, 0.15) is 5.82 Å². The Bertz CT molecular complexity index is 734. The van der Waals surface area contributed by atoms with Crippen LogP contribution >= 0.6 is 31.9 Å². The molecule has 7 heteroatoms. The number of benzene rings is 2. The summed E-state index contributed by atoms with van der Waals surface area (Å²) in [6, 6.07) is 8.21. The summed E-state index contributed by atoms with van der Waals surface area (Å²) in [6.45, 7) is 0. The van der Waals surface area contributed by atoms with Gasteiger partial charge in [-0.15, -0.1) is 0 Å². The molecule has 21 heavy (non-hydrogen) atoms. The molecule has 0 atom stereocenters. The van der Waals surface area contributed by atoms with Crippen molar-refractivity contribution >= 4 is 49.4 Å². The lowest BCUT2D eigenvalue weighted by Crippen LogP contribution is -2.15. The summed E-state index contributed by atoms with van der Waals surface area (Å²) in [5.41, 5.74) is 0.328. The van der Waals surface area contributed by atoms with Gasteiger partial charge >= 0.3 is 5.97 Å². The quantitative estimate of drug-likeness (QED) is 0.783. The van der Waals surface area contributed by atoms with Crippen molar-refractivity contribution in [2.45, 2.75) is 0 Å². The molecular formula is C14H8Br2FNO3. The molecule has 2 rings (SSSR count). The zero-order valence-corrected chi connectivity index (χ0v) is 13.5. The summed E-state index contributed by atoms with van der Waals surface area (Å²) >= 11 is 6.20. The molecule has 2 N–H and O–H groups in total. The summed E-state index contributed by atoms with van der Waals surface area (Å²) in [7, 11) is 0. The first-order valence-electron chi connectivity index (χ1n) is 5.67. The third-order valence-corrected chi connectivity index (χ3v) is 3.74. The van der Waals surface area contributed by atoms with E-state index in [0.29, 0.717) is 4.47 Å². The van der Waals surface area contributed by atoms with Gasteiger partial charge in [0.2, 0.25) is 0 Å². The van der Waals surface area contributed by atoms with E-state index in [1.807, 2.05) is 0 Å². The average molecular weight is 417 g/mol. The number of nitrogens with one attached hydrogen (secondary N) is 1. The molecule has 2 aromatic rings. The molecule has 0 bridgehead atoms. The van der Waals surface area contributed by atoms with Gasteiger partial charge in [-0.05, 0) is 52.3 Å². The van der Waals surface area contributed by atoms with E-state index in [1.54, 1.807) is 6.07 Å². The third-order valence-electron chi connectivity index (χ3n) is 2.64. The number of carboxylic acids is 1. The van der Waals surface area contributed by atoms with Crippen molar-refractivity contribution in [1.82, 2.24) is 0 Å². The second-order valence-corrected chi connectivity index (χ2v) is 5.85. The van der Waals surface area contributed by atoms with Crippen molar-refractivity contribution in [2.24, 2.45) is 0 Å². The predicted octanol–water partition coefficient (Wildman–Crippen LogP) is 4.30. The minimum Gasteiger partial charge on any atom is -0.478 e. The maximum absolute atomic E-state index is 13.1. The maximum Gasteiger partial charge on any atom is 0.337 e. The fourth-order valence-corrected chi connectivity index (χ4v) is 2.38. The zero-order chi connectivity index (χ0) is 15.6. The van der Waals surface area contributed by atoms with Crippen LogP contribution < -0.4 is 5.32 Å². The Morgan fingerprint density at radius 3 is 2.43 bits per heavy atom. The van der Waals surface area contributed by atoms with Crippen molar-refractivity contribution in [3.05, 3.63) is 62.3 Å². The summed E-state index contributed by atoms with van der Waals surface area (Å²) in [6.07, 6.45) is 0. The van der Waals surface area contributed by atoms with Crippen LogP contribution in [-0.2, 0) is 0 Å². The molecule has 0 saturated heterocycles.